The van der Waals surface area contributed by atoms with Crippen molar-refractivity contribution in [1.82, 2.24) is 5.32 Å². The molecule has 0 unspecified atom stereocenters. The monoisotopic (exact) mass is 231 g/mol. The van der Waals surface area contributed by atoms with Gasteiger partial charge in [-0.15, -0.1) is 0 Å². The summed E-state index contributed by atoms with van der Waals surface area (Å²) in [6, 6.07) is 10.1. The molecule has 3 N–H and O–H groups in total. The van der Waals surface area contributed by atoms with Gasteiger partial charge in [-0.2, -0.15) is 0 Å². The summed E-state index contributed by atoms with van der Waals surface area (Å²) in [5, 5.41) is 3.13. The topological polar surface area (TPSA) is 41.3 Å². The van der Waals surface area contributed by atoms with Crippen LogP contribution in [0.15, 0.2) is 54.0 Å². The Morgan fingerprint density at radius 2 is 1.88 bits per heavy atom. The number of hydrogen-bond donors (Lipinski definition) is 2. The van der Waals surface area contributed by atoms with E-state index in [0.29, 0.717) is 6.54 Å². The molecule has 0 aliphatic rings. The van der Waals surface area contributed by atoms with E-state index in [-0.39, 0.29) is 0 Å². The van der Waals surface area contributed by atoms with Gasteiger partial charge in [0.2, 0.25) is 0 Å². The van der Waals surface area contributed by atoms with E-state index in [1.165, 1.54) is 0 Å². The number of rotatable bonds is 5. The average Bonchev–Trinajstić information content (AvgIpc) is 2.31. The molecule has 0 spiro atoms. The Morgan fingerprint density at radius 1 is 1.29 bits per heavy atom. The Bertz CT molecular complexity index is 401. The minimum atomic E-state index is 0.485. The highest BCUT2D eigenvalue weighted by atomic mass is 15.2. The van der Waals surface area contributed by atoms with Gasteiger partial charge in [0.1, 0.15) is 0 Å². The molecule has 3 heteroatoms. The van der Waals surface area contributed by atoms with Crippen molar-refractivity contribution < 1.29 is 0 Å². The predicted molar refractivity (Wildman–Crippen MR) is 74.5 cm³/mol. The van der Waals surface area contributed by atoms with Crippen molar-refractivity contribution in [1.29, 1.82) is 0 Å². The molecule has 92 valence electrons. The molecule has 1 rings (SSSR count). The standard InChI is InChI=1S/C14H21N3/c1-11(2)17(12(3)14(10-15)16-4)13-8-6-5-7-9-13/h5-9,16H,1,10,15H2,2-4H3/b14-12-. The number of nitrogens with two attached hydrogens (primary N) is 1. The maximum Gasteiger partial charge on any atom is 0.0455 e. The number of benzene rings is 1. The van der Waals surface area contributed by atoms with Gasteiger partial charge in [-0.1, -0.05) is 24.8 Å². The predicted octanol–water partition coefficient (Wildman–Crippen LogP) is 2.44. The average molecular weight is 231 g/mol. The van der Waals surface area contributed by atoms with Crippen LogP contribution in [-0.4, -0.2) is 13.6 Å². The van der Waals surface area contributed by atoms with Crippen LogP contribution in [0.4, 0.5) is 5.69 Å². The molecule has 0 saturated carbocycles. The number of nitrogens with zero attached hydrogens (tertiary/aromatic N) is 1. The van der Waals surface area contributed by atoms with Crippen molar-refractivity contribution >= 4 is 5.69 Å². The molecule has 0 heterocycles. The van der Waals surface area contributed by atoms with Crippen LogP contribution >= 0.6 is 0 Å². The molecule has 0 radical (unpaired) electrons. The molecule has 17 heavy (non-hydrogen) atoms. The lowest BCUT2D eigenvalue weighted by Gasteiger charge is -2.27. The third kappa shape index (κ3) is 3.11. The molecule has 0 amide bonds. The zero-order valence-corrected chi connectivity index (χ0v) is 10.8. The fraction of sp³-hybridized carbons (Fsp3) is 0.286. The highest BCUT2D eigenvalue weighted by molar-refractivity contribution is 5.57. The zero-order chi connectivity index (χ0) is 12.8. The minimum Gasteiger partial charge on any atom is -0.389 e. The number of nitrogens with one attached hydrogen (secondary N) is 1. The van der Waals surface area contributed by atoms with E-state index in [2.05, 4.69) is 28.9 Å². The van der Waals surface area contributed by atoms with E-state index < -0.39 is 0 Å². The molecule has 1 aromatic rings. The summed E-state index contributed by atoms with van der Waals surface area (Å²) in [4.78, 5) is 2.10. The highest BCUT2D eigenvalue weighted by Crippen LogP contribution is 2.23. The summed E-state index contributed by atoms with van der Waals surface area (Å²) < 4.78 is 0. The first-order valence-corrected chi connectivity index (χ1v) is 5.70. The Morgan fingerprint density at radius 3 is 2.29 bits per heavy atom. The lowest BCUT2D eigenvalue weighted by Crippen LogP contribution is -2.26. The number of likely N-dealkylation sites (N-methyl/N-ethyl adjacent to an activating group) is 1. The molecule has 0 fully saturated rings. The van der Waals surface area contributed by atoms with Gasteiger partial charge in [-0.05, 0) is 26.0 Å². The maximum absolute atomic E-state index is 5.72. The molecule has 3 nitrogen and oxygen atoms in total. The van der Waals surface area contributed by atoms with Crippen molar-refractivity contribution in [2.24, 2.45) is 5.73 Å². The third-order valence-electron chi connectivity index (χ3n) is 2.67. The van der Waals surface area contributed by atoms with Gasteiger partial charge in [-0.25, -0.2) is 0 Å². The molecule has 1 aromatic carbocycles. The number of anilines is 1. The summed E-state index contributed by atoms with van der Waals surface area (Å²) >= 11 is 0. The van der Waals surface area contributed by atoms with E-state index in [0.717, 1.165) is 22.8 Å². The van der Waals surface area contributed by atoms with E-state index in [9.17, 15) is 0 Å². The first-order chi connectivity index (χ1) is 8.11. The molecule has 0 saturated heterocycles. The molecule has 0 atom stereocenters. The summed E-state index contributed by atoms with van der Waals surface area (Å²) in [7, 11) is 1.88. The van der Waals surface area contributed by atoms with Crippen molar-refractivity contribution in [2.45, 2.75) is 13.8 Å². The van der Waals surface area contributed by atoms with Gasteiger partial charge in [-0.3, -0.25) is 0 Å². The van der Waals surface area contributed by atoms with E-state index >= 15 is 0 Å². The maximum atomic E-state index is 5.72. The highest BCUT2D eigenvalue weighted by Gasteiger charge is 2.12. The number of hydrogen-bond acceptors (Lipinski definition) is 3. The van der Waals surface area contributed by atoms with Crippen LogP contribution < -0.4 is 16.0 Å². The molecular formula is C14H21N3. The minimum absolute atomic E-state index is 0.485. The summed E-state index contributed by atoms with van der Waals surface area (Å²) in [6.45, 7) is 8.54. The van der Waals surface area contributed by atoms with Crippen LogP contribution in [0.25, 0.3) is 0 Å². The summed E-state index contributed by atoms with van der Waals surface area (Å²) in [5.74, 6) is 0. The molecule has 0 bridgehead atoms. The van der Waals surface area contributed by atoms with Gasteiger partial charge in [0.25, 0.3) is 0 Å². The molecule has 0 aliphatic heterocycles. The molecule has 0 aromatic heterocycles. The van der Waals surface area contributed by atoms with Gasteiger partial charge in [0.05, 0.1) is 0 Å². The van der Waals surface area contributed by atoms with Crippen molar-refractivity contribution in [3.63, 3.8) is 0 Å². The van der Waals surface area contributed by atoms with E-state index in [1.807, 2.05) is 39.1 Å². The van der Waals surface area contributed by atoms with Crippen LogP contribution in [-0.2, 0) is 0 Å². The van der Waals surface area contributed by atoms with E-state index in [1.54, 1.807) is 0 Å². The van der Waals surface area contributed by atoms with Crippen LogP contribution in [0.3, 0.4) is 0 Å². The zero-order valence-electron chi connectivity index (χ0n) is 10.8. The Kier molecular flexibility index (Phi) is 4.79. The smallest absolute Gasteiger partial charge is 0.0455 e. The van der Waals surface area contributed by atoms with Gasteiger partial charge in [0.15, 0.2) is 0 Å². The van der Waals surface area contributed by atoms with Crippen molar-refractivity contribution in [3.8, 4) is 0 Å². The molecular weight excluding hydrogens is 210 g/mol. The van der Waals surface area contributed by atoms with E-state index in [4.69, 9.17) is 5.73 Å². The second kappa shape index (κ2) is 6.11. The molecule has 0 aliphatic carbocycles. The largest absolute Gasteiger partial charge is 0.389 e. The normalized spacial score (nSPS) is 11.8. The number of para-hydroxylation sites is 1. The fourth-order valence-corrected chi connectivity index (χ4v) is 1.84. The van der Waals surface area contributed by atoms with Crippen LogP contribution in [0.1, 0.15) is 13.8 Å². The first kappa shape index (κ1) is 13.3. The Hall–Kier alpha value is -1.74. The van der Waals surface area contributed by atoms with Crippen molar-refractivity contribution in [3.05, 3.63) is 54.0 Å². The third-order valence-corrected chi connectivity index (χ3v) is 2.67. The van der Waals surface area contributed by atoms with Crippen LogP contribution in [0.2, 0.25) is 0 Å². The second-order valence-electron chi connectivity index (χ2n) is 3.92. The lowest BCUT2D eigenvalue weighted by atomic mass is 10.2. The van der Waals surface area contributed by atoms with Gasteiger partial charge < -0.3 is 16.0 Å². The van der Waals surface area contributed by atoms with Gasteiger partial charge in [0, 0.05) is 36.4 Å². The summed E-state index contributed by atoms with van der Waals surface area (Å²) in [6.07, 6.45) is 0. The Labute approximate surface area is 104 Å². The second-order valence-corrected chi connectivity index (χ2v) is 3.92. The number of allylic oxidation sites excluding steroid dienone is 2. The van der Waals surface area contributed by atoms with Crippen LogP contribution in [0, 0.1) is 0 Å². The quantitative estimate of drug-likeness (QED) is 0.818. The Balaban J connectivity index is 3.20. The summed E-state index contributed by atoms with van der Waals surface area (Å²) in [5.41, 5.74) is 9.88. The fourth-order valence-electron chi connectivity index (χ4n) is 1.84. The first-order valence-electron chi connectivity index (χ1n) is 5.70. The van der Waals surface area contributed by atoms with Crippen LogP contribution in [0.5, 0.6) is 0 Å². The van der Waals surface area contributed by atoms with Crippen molar-refractivity contribution in [2.75, 3.05) is 18.5 Å². The lowest BCUT2D eigenvalue weighted by molar-refractivity contribution is 0.873. The van der Waals surface area contributed by atoms with Gasteiger partial charge >= 0.3 is 0 Å². The SMILES string of the molecule is C=C(C)N(/C(C)=C(/CN)NC)c1ccccc1.